The van der Waals surface area contributed by atoms with Gasteiger partial charge in [-0.25, -0.2) is 4.39 Å². The van der Waals surface area contributed by atoms with Gasteiger partial charge in [-0.3, -0.25) is 10.1 Å². The topological polar surface area (TPSA) is 55.2 Å². The highest BCUT2D eigenvalue weighted by Gasteiger charge is 2.21. The van der Waals surface area contributed by atoms with Crippen molar-refractivity contribution in [2.75, 3.05) is 5.32 Å². The Labute approximate surface area is 93.6 Å². The lowest BCUT2D eigenvalue weighted by Gasteiger charge is -2.25. The number of rotatable bonds is 4. The molecule has 0 aliphatic rings. The van der Waals surface area contributed by atoms with Crippen LogP contribution in [0.1, 0.15) is 27.2 Å². The molecule has 0 aliphatic carbocycles. The molecule has 0 unspecified atom stereocenters. The van der Waals surface area contributed by atoms with Gasteiger partial charge in [-0.05, 0) is 32.4 Å². The summed E-state index contributed by atoms with van der Waals surface area (Å²) < 4.78 is 12.9. The molecule has 0 saturated carbocycles. The van der Waals surface area contributed by atoms with Crippen molar-refractivity contribution >= 4 is 11.4 Å². The van der Waals surface area contributed by atoms with E-state index >= 15 is 0 Å². The summed E-state index contributed by atoms with van der Waals surface area (Å²) in [6.07, 6.45) is 0.807. The van der Waals surface area contributed by atoms with Crippen LogP contribution in [0.5, 0.6) is 0 Å². The number of nitro benzene ring substituents is 1. The Morgan fingerprint density at radius 3 is 2.62 bits per heavy atom. The van der Waals surface area contributed by atoms with E-state index in [2.05, 4.69) is 5.32 Å². The summed E-state index contributed by atoms with van der Waals surface area (Å²) in [5.74, 6) is -0.605. The van der Waals surface area contributed by atoms with Crippen LogP contribution in [0.3, 0.4) is 0 Å². The van der Waals surface area contributed by atoms with Crippen molar-refractivity contribution in [3.8, 4) is 0 Å². The molecule has 4 nitrogen and oxygen atoms in total. The number of nitrogens with zero attached hydrogens (tertiary/aromatic N) is 1. The monoisotopic (exact) mass is 226 g/mol. The Balaban J connectivity index is 3.09. The highest BCUT2D eigenvalue weighted by molar-refractivity contribution is 5.62. The molecule has 5 heteroatoms. The number of nitro groups is 1. The van der Waals surface area contributed by atoms with Gasteiger partial charge in [-0.2, -0.15) is 0 Å². The van der Waals surface area contributed by atoms with Crippen molar-refractivity contribution in [2.24, 2.45) is 0 Å². The fraction of sp³-hybridized carbons (Fsp3) is 0.455. The van der Waals surface area contributed by atoms with Crippen molar-refractivity contribution in [3.05, 3.63) is 34.1 Å². The normalized spacial score (nSPS) is 11.2. The first kappa shape index (κ1) is 12.4. The second kappa shape index (κ2) is 4.47. The zero-order chi connectivity index (χ0) is 12.3. The Morgan fingerprint density at radius 1 is 1.50 bits per heavy atom. The highest BCUT2D eigenvalue weighted by Crippen LogP contribution is 2.28. The fourth-order valence-corrected chi connectivity index (χ4v) is 1.21. The van der Waals surface area contributed by atoms with Gasteiger partial charge in [0.2, 0.25) is 0 Å². The van der Waals surface area contributed by atoms with Crippen LogP contribution >= 0.6 is 0 Å². The minimum Gasteiger partial charge on any atom is -0.375 e. The van der Waals surface area contributed by atoms with Gasteiger partial charge in [0.1, 0.15) is 11.5 Å². The first-order valence-electron chi connectivity index (χ1n) is 5.08. The third-order valence-electron chi connectivity index (χ3n) is 2.51. The molecule has 1 rings (SSSR count). The third kappa shape index (κ3) is 2.92. The molecule has 0 saturated heterocycles. The van der Waals surface area contributed by atoms with Gasteiger partial charge in [0.25, 0.3) is 5.69 Å². The molecule has 16 heavy (non-hydrogen) atoms. The summed E-state index contributed by atoms with van der Waals surface area (Å²) in [5.41, 5.74) is -0.150. The van der Waals surface area contributed by atoms with Gasteiger partial charge in [-0.15, -0.1) is 0 Å². The van der Waals surface area contributed by atoms with Gasteiger partial charge in [0, 0.05) is 5.54 Å². The van der Waals surface area contributed by atoms with Crippen molar-refractivity contribution < 1.29 is 9.31 Å². The van der Waals surface area contributed by atoms with Crippen LogP contribution in [0, 0.1) is 15.9 Å². The van der Waals surface area contributed by atoms with Gasteiger partial charge in [-0.1, -0.05) is 6.92 Å². The van der Waals surface area contributed by atoms with Gasteiger partial charge >= 0.3 is 0 Å². The van der Waals surface area contributed by atoms with E-state index in [4.69, 9.17) is 0 Å². The van der Waals surface area contributed by atoms with Crippen LogP contribution in [0.25, 0.3) is 0 Å². The lowest BCUT2D eigenvalue weighted by molar-refractivity contribution is -0.384. The van der Waals surface area contributed by atoms with Crippen molar-refractivity contribution in [1.82, 2.24) is 0 Å². The summed E-state index contributed by atoms with van der Waals surface area (Å²) >= 11 is 0. The average molecular weight is 226 g/mol. The SMILES string of the molecule is CCC(C)(C)Nc1ccc(F)cc1[N+](=O)[O-]. The quantitative estimate of drug-likeness (QED) is 0.632. The molecule has 0 amide bonds. The van der Waals surface area contributed by atoms with E-state index in [1.165, 1.54) is 12.1 Å². The maximum atomic E-state index is 12.9. The van der Waals surface area contributed by atoms with Crippen molar-refractivity contribution in [1.29, 1.82) is 0 Å². The summed E-state index contributed by atoms with van der Waals surface area (Å²) in [5, 5.41) is 13.8. The first-order chi connectivity index (χ1) is 7.35. The lowest BCUT2D eigenvalue weighted by Crippen LogP contribution is -2.29. The summed E-state index contributed by atoms with van der Waals surface area (Å²) in [6.45, 7) is 5.84. The average Bonchev–Trinajstić information content (AvgIpc) is 2.20. The second-order valence-corrected chi connectivity index (χ2v) is 4.28. The van der Waals surface area contributed by atoms with Crippen LogP contribution in [0.2, 0.25) is 0 Å². The number of halogens is 1. The molecule has 0 aliphatic heterocycles. The predicted octanol–water partition coefficient (Wildman–Crippen LogP) is 3.33. The maximum Gasteiger partial charge on any atom is 0.295 e. The minimum atomic E-state index is -0.605. The van der Waals surface area contributed by atoms with Crippen molar-refractivity contribution in [2.45, 2.75) is 32.7 Å². The van der Waals surface area contributed by atoms with E-state index in [0.29, 0.717) is 5.69 Å². The molecular formula is C11H15FN2O2. The summed E-state index contributed by atoms with van der Waals surface area (Å²) in [6, 6.07) is 3.53. The molecule has 0 bridgehead atoms. The maximum absolute atomic E-state index is 12.9. The fourth-order valence-electron chi connectivity index (χ4n) is 1.21. The van der Waals surface area contributed by atoms with Crippen molar-refractivity contribution in [3.63, 3.8) is 0 Å². The molecule has 88 valence electrons. The number of benzene rings is 1. The zero-order valence-electron chi connectivity index (χ0n) is 9.58. The lowest BCUT2D eigenvalue weighted by atomic mass is 10.0. The number of anilines is 1. The third-order valence-corrected chi connectivity index (χ3v) is 2.51. The number of hydrogen-bond acceptors (Lipinski definition) is 3. The van der Waals surface area contributed by atoms with Crippen LogP contribution in [-0.2, 0) is 0 Å². The molecule has 1 aromatic carbocycles. The van der Waals surface area contributed by atoms with Gasteiger partial charge < -0.3 is 5.32 Å². The molecule has 0 atom stereocenters. The minimum absolute atomic E-state index is 0.235. The standard InChI is InChI=1S/C11H15FN2O2/c1-4-11(2,3)13-9-6-5-8(12)7-10(9)14(15)16/h5-7,13H,4H2,1-3H3. The Kier molecular flexibility index (Phi) is 3.47. The van der Waals surface area contributed by atoms with Crippen LogP contribution in [0.15, 0.2) is 18.2 Å². The summed E-state index contributed by atoms with van der Waals surface area (Å²) in [4.78, 5) is 10.2. The van der Waals surface area contributed by atoms with E-state index in [9.17, 15) is 14.5 Å². The molecule has 0 spiro atoms. The van der Waals surface area contributed by atoms with Gasteiger partial charge in [0.05, 0.1) is 11.0 Å². The first-order valence-corrected chi connectivity index (χ1v) is 5.08. The van der Waals surface area contributed by atoms with Crippen LogP contribution in [0.4, 0.5) is 15.8 Å². The largest absolute Gasteiger partial charge is 0.375 e. The van der Waals surface area contributed by atoms with E-state index < -0.39 is 10.7 Å². The Morgan fingerprint density at radius 2 is 2.12 bits per heavy atom. The summed E-state index contributed by atoms with van der Waals surface area (Å²) in [7, 11) is 0. The second-order valence-electron chi connectivity index (χ2n) is 4.28. The van der Waals surface area contributed by atoms with E-state index in [0.717, 1.165) is 12.5 Å². The smallest absolute Gasteiger partial charge is 0.295 e. The Hall–Kier alpha value is -1.65. The highest BCUT2D eigenvalue weighted by atomic mass is 19.1. The number of hydrogen-bond donors (Lipinski definition) is 1. The molecule has 0 radical (unpaired) electrons. The molecule has 1 N–H and O–H groups in total. The molecular weight excluding hydrogens is 211 g/mol. The number of nitrogens with one attached hydrogen (secondary N) is 1. The van der Waals surface area contributed by atoms with Gasteiger partial charge in [0.15, 0.2) is 0 Å². The molecule has 1 aromatic rings. The molecule has 0 heterocycles. The zero-order valence-corrected chi connectivity index (χ0v) is 9.58. The van der Waals surface area contributed by atoms with E-state index in [-0.39, 0.29) is 11.2 Å². The van der Waals surface area contributed by atoms with E-state index in [1.807, 2.05) is 20.8 Å². The van der Waals surface area contributed by atoms with Crippen LogP contribution in [-0.4, -0.2) is 10.5 Å². The predicted molar refractivity (Wildman–Crippen MR) is 61.0 cm³/mol. The molecule has 0 fully saturated rings. The Bertz CT molecular complexity index is 405. The van der Waals surface area contributed by atoms with Crippen LogP contribution < -0.4 is 5.32 Å². The molecule has 0 aromatic heterocycles. The van der Waals surface area contributed by atoms with E-state index in [1.54, 1.807) is 0 Å².